The van der Waals surface area contributed by atoms with Gasteiger partial charge in [0.25, 0.3) is 0 Å². The Balaban J connectivity index is 1.64. The second-order valence-corrected chi connectivity index (χ2v) is 9.69. The molecule has 1 aliphatic rings. The summed E-state index contributed by atoms with van der Waals surface area (Å²) in [6.07, 6.45) is 3.11. The molecule has 0 aromatic heterocycles. The molecule has 32 heavy (non-hydrogen) atoms. The lowest BCUT2D eigenvalue weighted by molar-refractivity contribution is -0.127. The number of nitrogens with zero attached hydrogens (tertiary/aromatic N) is 2. The van der Waals surface area contributed by atoms with E-state index in [4.69, 9.17) is 21.1 Å². The lowest BCUT2D eigenvalue weighted by atomic mass is 10.1. The Bertz CT molecular complexity index is 1090. The summed E-state index contributed by atoms with van der Waals surface area (Å²) in [6, 6.07) is 10.2. The maximum atomic E-state index is 12.8. The van der Waals surface area contributed by atoms with Crippen LogP contribution in [0.4, 0.5) is 0 Å². The van der Waals surface area contributed by atoms with E-state index in [9.17, 15) is 13.2 Å². The highest BCUT2D eigenvalue weighted by Crippen LogP contribution is 2.36. The quantitative estimate of drug-likeness (QED) is 0.568. The van der Waals surface area contributed by atoms with Crippen molar-refractivity contribution >= 4 is 33.6 Å². The maximum Gasteiger partial charge on any atom is 0.246 e. The first kappa shape index (κ1) is 24.1. The molecule has 2 aromatic rings. The van der Waals surface area contributed by atoms with E-state index < -0.39 is 10.0 Å². The molecule has 0 saturated carbocycles. The number of rotatable bonds is 7. The minimum atomic E-state index is -3.57. The number of hydrogen-bond acceptors (Lipinski definition) is 5. The van der Waals surface area contributed by atoms with Gasteiger partial charge in [-0.2, -0.15) is 4.31 Å². The molecule has 0 radical (unpaired) electrons. The van der Waals surface area contributed by atoms with E-state index in [1.165, 1.54) is 17.5 Å². The molecule has 0 spiro atoms. The zero-order valence-corrected chi connectivity index (χ0v) is 19.9. The van der Waals surface area contributed by atoms with Crippen LogP contribution in [0.15, 0.2) is 47.4 Å². The highest BCUT2D eigenvalue weighted by molar-refractivity contribution is 7.89. The molecule has 0 bridgehead atoms. The molecule has 1 fully saturated rings. The summed E-state index contributed by atoms with van der Waals surface area (Å²) >= 11 is 6.26. The summed E-state index contributed by atoms with van der Waals surface area (Å²) in [7, 11) is -2.05. The number of carbonyl (C=O) groups is 1. The van der Waals surface area contributed by atoms with Gasteiger partial charge in [-0.1, -0.05) is 29.3 Å². The van der Waals surface area contributed by atoms with Crippen LogP contribution in [-0.4, -0.2) is 63.4 Å². The fraction of sp³-hybridized carbons (Fsp3) is 0.348. The smallest absolute Gasteiger partial charge is 0.246 e. The van der Waals surface area contributed by atoms with Crippen LogP contribution in [0.3, 0.4) is 0 Å². The second kappa shape index (κ2) is 10.4. The van der Waals surface area contributed by atoms with Gasteiger partial charge in [-0.3, -0.25) is 4.79 Å². The molecular weight excluding hydrogens is 452 g/mol. The lowest BCUT2D eigenvalue weighted by Gasteiger charge is -2.33. The molecule has 0 aliphatic carbocycles. The van der Waals surface area contributed by atoms with Crippen LogP contribution in [0.5, 0.6) is 11.5 Å². The van der Waals surface area contributed by atoms with Crippen molar-refractivity contribution in [2.45, 2.75) is 18.7 Å². The maximum absolute atomic E-state index is 12.8. The van der Waals surface area contributed by atoms with Crippen molar-refractivity contribution in [3.05, 3.63) is 58.6 Å². The fourth-order valence-corrected chi connectivity index (χ4v) is 5.14. The highest BCUT2D eigenvalue weighted by atomic mass is 35.5. The topological polar surface area (TPSA) is 76.2 Å². The Hall–Kier alpha value is -2.55. The largest absolute Gasteiger partial charge is 0.491 e. The Morgan fingerprint density at radius 3 is 2.38 bits per heavy atom. The Morgan fingerprint density at radius 2 is 1.78 bits per heavy atom. The van der Waals surface area contributed by atoms with Crippen molar-refractivity contribution in [2.75, 3.05) is 39.9 Å². The number of ether oxygens (including phenoxy) is 2. The summed E-state index contributed by atoms with van der Waals surface area (Å²) < 4.78 is 37.9. The average Bonchev–Trinajstić information content (AvgIpc) is 2.78. The van der Waals surface area contributed by atoms with E-state index in [-0.39, 0.29) is 23.9 Å². The van der Waals surface area contributed by atoms with Crippen LogP contribution in [0.1, 0.15) is 18.1 Å². The van der Waals surface area contributed by atoms with Gasteiger partial charge in [-0.15, -0.1) is 0 Å². The van der Waals surface area contributed by atoms with E-state index in [2.05, 4.69) is 0 Å². The summed E-state index contributed by atoms with van der Waals surface area (Å²) in [5.41, 5.74) is 1.70. The Kier molecular flexibility index (Phi) is 7.82. The number of sulfonamides is 1. The summed E-state index contributed by atoms with van der Waals surface area (Å²) in [4.78, 5) is 14.5. The first-order valence-corrected chi connectivity index (χ1v) is 12.1. The second-order valence-electron chi connectivity index (χ2n) is 7.34. The molecule has 1 aliphatic heterocycles. The van der Waals surface area contributed by atoms with Crippen molar-refractivity contribution in [1.29, 1.82) is 0 Å². The molecule has 1 heterocycles. The molecule has 7 nitrogen and oxygen atoms in total. The van der Waals surface area contributed by atoms with Gasteiger partial charge in [0.15, 0.2) is 11.5 Å². The van der Waals surface area contributed by atoms with Crippen LogP contribution in [-0.2, 0) is 14.8 Å². The molecule has 0 unspecified atom stereocenters. The molecule has 2 aromatic carbocycles. The number of amides is 1. The number of carbonyl (C=O) groups excluding carboxylic acids is 1. The van der Waals surface area contributed by atoms with Crippen LogP contribution in [0.2, 0.25) is 5.02 Å². The summed E-state index contributed by atoms with van der Waals surface area (Å²) in [5, 5.41) is 0.389. The van der Waals surface area contributed by atoms with Crippen molar-refractivity contribution in [3.63, 3.8) is 0 Å². The predicted octanol–water partition coefficient (Wildman–Crippen LogP) is 3.60. The monoisotopic (exact) mass is 478 g/mol. The normalized spacial score (nSPS) is 15.2. The Labute approximate surface area is 194 Å². The zero-order valence-electron chi connectivity index (χ0n) is 18.4. The molecule has 9 heteroatoms. The van der Waals surface area contributed by atoms with Crippen LogP contribution in [0, 0.1) is 6.92 Å². The number of benzene rings is 2. The van der Waals surface area contributed by atoms with Crippen LogP contribution < -0.4 is 9.47 Å². The van der Waals surface area contributed by atoms with Crippen molar-refractivity contribution in [3.8, 4) is 11.5 Å². The number of aryl methyl sites for hydroxylation is 1. The first-order chi connectivity index (χ1) is 15.3. The first-order valence-electron chi connectivity index (χ1n) is 10.3. The number of piperazine rings is 1. The third kappa shape index (κ3) is 5.43. The van der Waals surface area contributed by atoms with E-state index in [1.807, 2.05) is 13.8 Å². The minimum absolute atomic E-state index is 0.192. The van der Waals surface area contributed by atoms with E-state index in [0.717, 1.165) is 5.56 Å². The molecule has 0 atom stereocenters. The van der Waals surface area contributed by atoms with Crippen molar-refractivity contribution in [1.82, 2.24) is 9.21 Å². The standard InChI is InChI=1S/C23H27ClN2O5S/c1-4-31-21-16-18(15-20(24)23(21)30-3)7-10-22(27)25-11-13-26(14-12-25)32(28,29)19-8-5-17(2)6-9-19/h5-10,15-16H,4,11-14H2,1-3H3/b10-7+. The van der Waals surface area contributed by atoms with Gasteiger partial charge in [-0.25, -0.2) is 8.42 Å². The van der Waals surface area contributed by atoms with Crippen LogP contribution >= 0.6 is 11.6 Å². The minimum Gasteiger partial charge on any atom is -0.491 e. The molecular formula is C23H27ClN2O5S. The summed E-state index contributed by atoms with van der Waals surface area (Å²) in [5.74, 6) is 0.759. The summed E-state index contributed by atoms with van der Waals surface area (Å²) in [6.45, 7) is 5.36. The van der Waals surface area contributed by atoms with Crippen molar-refractivity contribution < 1.29 is 22.7 Å². The molecule has 0 N–H and O–H groups in total. The van der Waals surface area contributed by atoms with E-state index in [1.54, 1.807) is 47.4 Å². The molecule has 1 saturated heterocycles. The Morgan fingerprint density at radius 1 is 1.12 bits per heavy atom. The third-order valence-corrected chi connectivity index (χ3v) is 7.36. The fourth-order valence-electron chi connectivity index (χ4n) is 3.43. The zero-order chi connectivity index (χ0) is 23.3. The van der Waals surface area contributed by atoms with Gasteiger partial charge in [-0.05, 0) is 49.8 Å². The molecule has 172 valence electrons. The van der Waals surface area contributed by atoms with Gasteiger partial charge < -0.3 is 14.4 Å². The van der Waals surface area contributed by atoms with Gasteiger partial charge in [0.1, 0.15) is 0 Å². The number of halogens is 1. The van der Waals surface area contributed by atoms with Gasteiger partial charge in [0.05, 0.1) is 23.6 Å². The SMILES string of the molecule is CCOc1cc(/C=C/C(=O)N2CCN(S(=O)(=O)c3ccc(C)cc3)CC2)cc(Cl)c1OC. The van der Waals surface area contributed by atoms with Gasteiger partial charge in [0.2, 0.25) is 15.9 Å². The van der Waals surface area contributed by atoms with E-state index >= 15 is 0 Å². The molecule has 1 amide bonds. The number of hydrogen-bond donors (Lipinski definition) is 0. The highest BCUT2D eigenvalue weighted by Gasteiger charge is 2.29. The molecule has 3 rings (SSSR count). The van der Waals surface area contributed by atoms with Gasteiger partial charge >= 0.3 is 0 Å². The van der Waals surface area contributed by atoms with Crippen LogP contribution in [0.25, 0.3) is 6.08 Å². The predicted molar refractivity (Wildman–Crippen MR) is 125 cm³/mol. The lowest BCUT2D eigenvalue weighted by Crippen LogP contribution is -2.50. The van der Waals surface area contributed by atoms with Gasteiger partial charge in [0, 0.05) is 32.3 Å². The third-order valence-electron chi connectivity index (χ3n) is 5.16. The van der Waals surface area contributed by atoms with Crippen molar-refractivity contribution in [2.24, 2.45) is 0 Å². The number of methoxy groups -OCH3 is 1. The van der Waals surface area contributed by atoms with E-state index in [0.29, 0.717) is 41.8 Å². The average molecular weight is 479 g/mol.